The third-order valence-electron chi connectivity index (χ3n) is 3.89. The van der Waals surface area contributed by atoms with E-state index < -0.39 is 0 Å². The molecule has 2 heteroatoms. The molecule has 0 radical (unpaired) electrons. The van der Waals surface area contributed by atoms with Gasteiger partial charge in [-0.1, -0.05) is 18.2 Å². The lowest BCUT2D eigenvalue weighted by Gasteiger charge is -2.38. The van der Waals surface area contributed by atoms with E-state index in [1.54, 1.807) is 0 Å². The summed E-state index contributed by atoms with van der Waals surface area (Å²) in [5.74, 6) is 1.12. The van der Waals surface area contributed by atoms with Gasteiger partial charge in [-0.15, -0.1) is 0 Å². The molecule has 0 aromatic heterocycles. The lowest BCUT2D eigenvalue weighted by molar-refractivity contribution is 0.0342. The van der Waals surface area contributed by atoms with E-state index in [4.69, 9.17) is 4.74 Å². The minimum Gasteiger partial charge on any atom is -0.487 e. The van der Waals surface area contributed by atoms with Gasteiger partial charge in [-0.05, 0) is 56.8 Å². The van der Waals surface area contributed by atoms with Gasteiger partial charge in [0.25, 0.3) is 0 Å². The van der Waals surface area contributed by atoms with E-state index in [1.165, 1.54) is 31.2 Å². The first-order valence-electron chi connectivity index (χ1n) is 6.36. The van der Waals surface area contributed by atoms with Crippen molar-refractivity contribution in [1.29, 1.82) is 0 Å². The highest BCUT2D eigenvalue weighted by atomic mass is 16.5. The summed E-state index contributed by atoms with van der Waals surface area (Å²) in [6, 6.07) is 8.49. The molecule has 86 valence electrons. The first kappa shape index (κ1) is 10.2. The summed E-state index contributed by atoms with van der Waals surface area (Å²) in [4.78, 5) is 0. The Morgan fingerprint density at radius 1 is 1.06 bits per heavy atom. The molecule has 2 aliphatic heterocycles. The van der Waals surface area contributed by atoms with Crippen molar-refractivity contribution in [1.82, 2.24) is 5.32 Å². The van der Waals surface area contributed by atoms with Crippen LogP contribution in [0.15, 0.2) is 24.3 Å². The highest BCUT2D eigenvalue weighted by Crippen LogP contribution is 2.38. The summed E-state index contributed by atoms with van der Waals surface area (Å²) in [6.45, 7) is 2.24. The molecule has 2 aliphatic rings. The number of hydrogen-bond acceptors (Lipinski definition) is 2. The normalized spacial score (nSPS) is 29.2. The minimum absolute atomic E-state index is 0.123. The molecule has 1 aromatic rings. The van der Waals surface area contributed by atoms with Gasteiger partial charge in [-0.2, -0.15) is 0 Å². The summed E-state index contributed by atoms with van der Waals surface area (Å²) in [6.07, 6.45) is 5.96. The molecule has 1 unspecified atom stereocenters. The van der Waals surface area contributed by atoms with Gasteiger partial charge in [-0.25, -0.2) is 0 Å². The zero-order valence-electron chi connectivity index (χ0n) is 9.67. The Hall–Kier alpha value is -1.02. The fraction of sp³-hybridized carbons (Fsp3) is 0.571. The van der Waals surface area contributed by atoms with Crippen LogP contribution in [0, 0.1) is 0 Å². The van der Waals surface area contributed by atoms with Crippen LogP contribution in [0.4, 0.5) is 0 Å². The first-order valence-corrected chi connectivity index (χ1v) is 6.36. The molecule has 2 heterocycles. The molecule has 0 bridgehead atoms. The Labute approximate surface area is 97.0 Å². The average molecular weight is 217 g/mol. The largest absolute Gasteiger partial charge is 0.487 e. The Kier molecular flexibility index (Phi) is 2.60. The molecule has 2 nitrogen and oxygen atoms in total. The third-order valence-corrected chi connectivity index (χ3v) is 3.89. The fourth-order valence-corrected chi connectivity index (χ4v) is 2.91. The molecular weight excluding hydrogens is 198 g/mol. The monoisotopic (exact) mass is 217 g/mol. The van der Waals surface area contributed by atoms with Crippen molar-refractivity contribution in [2.45, 2.75) is 37.7 Å². The van der Waals surface area contributed by atoms with Crippen molar-refractivity contribution in [3.05, 3.63) is 29.8 Å². The van der Waals surface area contributed by atoms with E-state index >= 15 is 0 Å². The average Bonchev–Trinajstić information content (AvgIpc) is 2.55. The third kappa shape index (κ3) is 1.82. The molecule has 0 amide bonds. The highest BCUT2D eigenvalue weighted by molar-refractivity contribution is 5.36. The van der Waals surface area contributed by atoms with Crippen molar-refractivity contribution in [2.24, 2.45) is 0 Å². The molecule has 1 fully saturated rings. The van der Waals surface area contributed by atoms with Crippen molar-refractivity contribution < 1.29 is 4.74 Å². The predicted octanol–water partition coefficient (Wildman–Crippen LogP) is 2.52. The Morgan fingerprint density at radius 3 is 3.00 bits per heavy atom. The van der Waals surface area contributed by atoms with Crippen LogP contribution < -0.4 is 10.1 Å². The first-order chi connectivity index (χ1) is 7.88. The van der Waals surface area contributed by atoms with E-state index in [9.17, 15) is 0 Å². The summed E-state index contributed by atoms with van der Waals surface area (Å²) in [7, 11) is 0. The number of fused-ring (bicyclic) bond motifs is 1. The SMILES string of the molecule is c1ccc2c(c1)CCC1(CCCNCC1)O2. The number of para-hydroxylation sites is 1. The smallest absolute Gasteiger partial charge is 0.123 e. The second-order valence-electron chi connectivity index (χ2n) is 5.00. The molecule has 1 N–H and O–H groups in total. The molecule has 0 saturated carbocycles. The highest BCUT2D eigenvalue weighted by Gasteiger charge is 2.36. The van der Waals surface area contributed by atoms with Gasteiger partial charge in [0.1, 0.15) is 11.4 Å². The molecule has 3 rings (SSSR count). The summed E-state index contributed by atoms with van der Waals surface area (Å²) < 4.78 is 6.30. The molecule has 16 heavy (non-hydrogen) atoms. The molecule has 1 saturated heterocycles. The Morgan fingerprint density at radius 2 is 2.00 bits per heavy atom. The predicted molar refractivity (Wildman–Crippen MR) is 64.8 cm³/mol. The molecule has 1 spiro atoms. The zero-order chi connectivity index (χ0) is 10.8. The van der Waals surface area contributed by atoms with E-state index in [2.05, 4.69) is 29.6 Å². The Balaban J connectivity index is 1.85. The van der Waals surface area contributed by atoms with Crippen molar-refractivity contribution in [2.75, 3.05) is 13.1 Å². The lowest BCUT2D eigenvalue weighted by Crippen LogP contribution is -2.40. The van der Waals surface area contributed by atoms with Crippen LogP contribution in [-0.4, -0.2) is 18.7 Å². The lowest BCUT2D eigenvalue weighted by atomic mass is 9.85. The summed E-state index contributed by atoms with van der Waals surface area (Å²) in [5.41, 5.74) is 1.50. The van der Waals surface area contributed by atoms with Crippen LogP contribution in [0.25, 0.3) is 0 Å². The van der Waals surface area contributed by atoms with Crippen LogP contribution >= 0.6 is 0 Å². The van der Waals surface area contributed by atoms with Crippen molar-refractivity contribution >= 4 is 0 Å². The minimum atomic E-state index is 0.123. The number of hydrogen-bond donors (Lipinski definition) is 1. The maximum absolute atomic E-state index is 6.30. The number of ether oxygens (including phenoxy) is 1. The summed E-state index contributed by atoms with van der Waals surface area (Å²) >= 11 is 0. The van der Waals surface area contributed by atoms with Gasteiger partial charge < -0.3 is 10.1 Å². The van der Waals surface area contributed by atoms with Gasteiger partial charge in [-0.3, -0.25) is 0 Å². The summed E-state index contributed by atoms with van der Waals surface area (Å²) in [5, 5.41) is 3.46. The van der Waals surface area contributed by atoms with Crippen molar-refractivity contribution in [3.8, 4) is 5.75 Å². The van der Waals surface area contributed by atoms with E-state index in [1.807, 2.05) is 0 Å². The van der Waals surface area contributed by atoms with Crippen LogP contribution in [0.2, 0.25) is 0 Å². The maximum Gasteiger partial charge on any atom is 0.123 e. The van der Waals surface area contributed by atoms with Crippen LogP contribution in [-0.2, 0) is 6.42 Å². The topological polar surface area (TPSA) is 21.3 Å². The number of rotatable bonds is 0. The molecule has 1 aromatic carbocycles. The van der Waals surface area contributed by atoms with Gasteiger partial charge in [0, 0.05) is 0 Å². The zero-order valence-corrected chi connectivity index (χ0v) is 9.67. The Bertz CT molecular complexity index is 367. The van der Waals surface area contributed by atoms with Gasteiger partial charge in [0.15, 0.2) is 0 Å². The number of benzene rings is 1. The van der Waals surface area contributed by atoms with Gasteiger partial charge in [0.05, 0.1) is 0 Å². The molecule has 1 atom stereocenters. The van der Waals surface area contributed by atoms with Crippen LogP contribution in [0.1, 0.15) is 31.2 Å². The quantitative estimate of drug-likeness (QED) is 0.721. The maximum atomic E-state index is 6.30. The second kappa shape index (κ2) is 4.10. The second-order valence-corrected chi connectivity index (χ2v) is 5.00. The molecular formula is C14H19NO. The van der Waals surface area contributed by atoms with Crippen LogP contribution in [0.5, 0.6) is 5.75 Å². The number of nitrogens with one attached hydrogen (secondary N) is 1. The fourth-order valence-electron chi connectivity index (χ4n) is 2.91. The van der Waals surface area contributed by atoms with Gasteiger partial charge >= 0.3 is 0 Å². The van der Waals surface area contributed by atoms with Crippen molar-refractivity contribution in [3.63, 3.8) is 0 Å². The standard InChI is InChI=1S/C14H19NO/c1-2-5-13-12(4-1)6-8-14(16-13)7-3-10-15-11-9-14/h1-2,4-5,15H,3,6-11H2. The van der Waals surface area contributed by atoms with E-state index in [0.717, 1.165) is 25.3 Å². The van der Waals surface area contributed by atoms with E-state index in [0.29, 0.717) is 0 Å². The molecule has 0 aliphatic carbocycles. The van der Waals surface area contributed by atoms with Gasteiger partial charge in [0.2, 0.25) is 0 Å². The number of aryl methyl sites for hydroxylation is 1. The van der Waals surface area contributed by atoms with Crippen LogP contribution in [0.3, 0.4) is 0 Å². The van der Waals surface area contributed by atoms with E-state index in [-0.39, 0.29) is 5.60 Å².